The number of rotatable bonds is 1. The second-order valence-electron chi connectivity index (χ2n) is 9.84. The lowest BCUT2D eigenvalue weighted by atomic mass is 9.41. The summed E-state index contributed by atoms with van der Waals surface area (Å²) in [4.78, 5) is 0. The molecule has 0 bridgehead atoms. The summed E-state index contributed by atoms with van der Waals surface area (Å²) < 4.78 is 16.2. The first kappa shape index (κ1) is 20.8. The average molecular weight is 474 g/mol. The van der Waals surface area contributed by atoms with E-state index >= 15 is 0 Å². The van der Waals surface area contributed by atoms with Crippen molar-refractivity contribution in [1.82, 2.24) is 18.9 Å². The Morgan fingerprint density at radius 1 is 0.541 bits per heavy atom. The maximum Gasteiger partial charge on any atom is 0.381 e. The fourth-order valence-electron chi connectivity index (χ4n) is 6.19. The first-order valence-electron chi connectivity index (χ1n) is 12.8. The van der Waals surface area contributed by atoms with E-state index in [-0.39, 0.29) is 27.9 Å². The second-order valence-corrected chi connectivity index (χ2v) is 9.84. The Hall–Kier alpha value is -4.38. The second kappa shape index (κ2) is 8.07. The minimum absolute atomic E-state index is 0.00902. The predicted octanol–water partition coefficient (Wildman–Crippen LogP) is 5.08. The molecule has 9 heteroatoms. The Morgan fingerprint density at radius 3 is 1.84 bits per heavy atom. The zero-order valence-corrected chi connectivity index (χ0v) is 20.2. The van der Waals surface area contributed by atoms with Crippen molar-refractivity contribution in [2.45, 2.75) is 0 Å². The van der Waals surface area contributed by atoms with Gasteiger partial charge in [0.2, 0.25) is 0 Å². The number of benzene rings is 2. The number of hydrogen-bond acceptors (Lipinski definition) is 5. The van der Waals surface area contributed by atoms with Crippen LogP contribution < -0.4 is 0 Å². The number of nitrogens with zero attached hydrogens (tertiary/aromatic N) is 4. The van der Waals surface area contributed by atoms with Gasteiger partial charge in [-0.1, -0.05) is 78.5 Å². The average Bonchev–Trinajstić information content (AvgIpc) is 3.35. The van der Waals surface area contributed by atoms with Crippen LogP contribution in [0.5, 0.6) is 0 Å². The van der Waals surface area contributed by atoms with Gasteiger partial charge in [-0.05, 0) is 60.7 Å². The molecule has 6 heterocycles. The van der Waals surface area contributed by atoms with Crippen LogP contribution in [0.2, 0.25) is 0 Å². The fourth-order valence-corrected chi connectivity index (χ4v) is 6.19. The van der Waals surface area contributed by atoms with E-state index < -0.39 is 0 Å². The molecule has 0 aliphatic carbocycles. The highest BCUT2D eigenvalue weighted by atomic mass is 16.3. The monoisotopic (exact) mass is 474 g/mol. The van der Waals surface area contributed by atoms with Crippen molar-refractivity contribution in [3.05, 3.63) is 139 Å². The molecule has 0 atom stereocenters. The minimum atomic E-state index is 0.00902. The van der Waals surface area contributed by atoms with Gasteiger partial charge in [0, 0.05) is 16.3 Å². The van der Waals surface area contributed by atoms with Gasteiger partial charge in [0.15, 0.2) is 0 Å². The normalized spacial score (nSPS) is 19.4. The predicted molar refractivity (Wildman–Crippen MR) is 156 cm³/mol. The molecule has 1 aromatic heterocycles. The molecule has 1 fully saturated rings. The van der Waals surface area contributed by atoms with Crippen LogP contribution >= 0.6 is 0 Å². The molecule has 5 nitrogen and oxygen atoms in total. The summed E-state index contributed by atoms with van der Waals surface area (Å²) in [6, 6.07) is 14.7. The fraction of sp³-hybridized carbons (Fsp3) is 0. The lowest BCUT2D eigenvalue weighted by molar-refractivity contribution is 0.622. The van der Waals surface area contributed by atoms with Crippen LogP contribution in [0.3, 0.4) is 0 Å². The quantitative estimate of drug-likeness (QED) is 0.459. The summed E-state index contributed by atoms with van der Waals surface area (Å²) in [6.07, 6.45) is 24.0. The van der Waals surface area contributed by atoms with Crippen LogP contribution in [-0.2, 0) is 0 Å². The SMILES string of the molecule is C1=CB2N(C=C1)B1C=CC=CN1B1C=C(c3cccc4c3oc3ccccc34)C=CN1B1C=CC=CN21. The molecule has 172 valence electrons. The van der Waals surface area contributed by atoms with Gasteiger partial charge in [0.25, 0.3) is 0 Å². The number of para-hydroxylation sites is 2. The van der Waals surface area contributed by atoms with Crippen molar-refractivity contribution >= 4 is 55.4 Å². The van der Waals surface area contributed by atoms with E-state index in [0.717, 1.165) is 27.5 Å². The molecule has 0 N–H and O–H groups in total. The molecule has 5 aliphatic rings. The largest absolute Gasteiger partial charge is 0.455 e. The molecule has 37 heavy (non-hydrogen) atoms. The molecule has 0 unspecified atom stereocenters. The van der Waals surface area contributed by atoms with Crippen LogP contribution in [0.4, 0.5) is 0 Å². The molecule has 8 rings (SSSR count). The summed E-state index contributed by atoms with van der Waals surface area (Å²) in [5, 5.41) is 2.31. The summed E-state index contributed by atoms with van der Waals surface area (Å²) >= 11 is 0. The summed E-state index contributed by atoms with van der Waals surface area (Å²) in [7, 11) is 0. The van der Waals surface area contributed by atoms with E-state index in [1.54, 1.807) is 0 Å². The molecular formula is C28H22B4N4O. The topological polar surface area (TPSA) is 26.1 Å². The Labute approximate surface area is 217 Å². The Bertz CT molecular complexity index is 1630. The maximum absolute atomic E-state index is 6.40. The molecule has 0 radical (unpaired) electrons. The molecule has 2 aromatic carbocycles. The van der Waals surface area contributed by atoms with Gasteiger partial charge in [-0.3, -0.25) is 0 Å². The van der Waals surface area contributed by atoms with Crippen LogP contribution in [0, 0.1) is 0 Å². The van der Waals surface area contributed by atoms with Gasteiger partial charge >= 0.3 is 27.9 Å². The maximum atomic E-state index is 6.40. The lowest BCUT2D eigenvalue weighted by Crippen LogP contribution is -2.73. The van der Waals surface area contributed by atoms with Crippen molar-refractivity contribution in [2.75, 3.05) is 0 Å². The molecule has 0 spiro atoms. The minimum Gasteiger partial charge on any atom is -0.455 e. The van der Waals surface area contributed by atoms with Crippen molar-refractivity contribution in [3.8, 4) is 0 Å². The van der Waals surface area contributed by atoms with E-state index in [2.05, 4.69) is 140 Å². The highest BCUT2D eigenvalue weighted by Crippen LogP contribution is 2.37. The van der Waals surface area contributed by atoms with E-state index in [4.69, 9.17) is 4.42 Å². The first-order chi connectivity index (χ1) is 18.4. The smallest absolute Gasteiger partial charge is 0.381 e. The van der Waals surface area contributed by atoms with Gasteiger partial charge in [0.1, 0.15) is 11.2 Å². The van der Waals surface area contributed by atoms with Crippen LogP contribution in [0.25, 0.3) is 27.5 Å². The van der Waals surface area contributed by atoms with Gasteiger partial charge in [-0.25, -0.2) is 0 Å². The molecule has 0 saturated carbocycles. The van der Waals surface area contributed by atoms with E-state index in [1.165, 1.54) is 5.57 Å². The summed E-state index contributed by atoms with van der Waals surface area (Å²) in [5.74, 6) is 9.22. The number of furan rings is 1. The van der Waals surface area contributed by atoms with Crippen LogP contribution in [0.15, 0.2) is 138 Å². The zero-order chi connectivity index (χ0) is 24.3. The van der Waals surface area contributed by atoms with Gasteiger partial charge in [0.05, 0.1) is 0 Å². The molecule has 1 saturated heterocycles. The molecular weight excluding hydrogens is 452 g/mol. The first-order valence-corrected chi connectivity index (χ1v) is 12.8. The molecule has 5 aliphatic heterocycles. The highest BCUT2D eigenvalue weighted by Gasteiger charge is 2.49. The number of allylic oxidation sites excluding steroid dienone is 8. The third-order valence-corrected chi connectivity index (χ3v) is 7.87. The van der Waals surface area contributed by atoms with Crippen LogP contribution in [0.1, 0.15) is 5.56 Å². The van der Waals surface area contributed by atoms with Crippen molar-refractivity contribution in [2.24, 2.45) is 0 Å². The molecule has 3 aromatic rings. The summed E-state index contributed by atoms with van der Waals surface area (Å²) in [6.45, 7) is 0.281. The zero-order valence-electron chi connectivity index (χ0n) is 20.2. The van der Waals surface area contributed by atoms with Crippen molar-refractivity contribution < 1.29 is 4.42 Å². The standard InChI is InChI=1S/C28H22B4N4O/c1-2-13-27-25(10-1)26-12-9-11-24(28(26)37-27)23-14-21-36-31-17-4-7-19-34(31)29-15-3-6-18-33(29)30-16-5-8-20-35(30)32(36)22-23/h1-22H. The molecule has 0 amide bonds. The van der Waals surface area contributed by atoms with Gasteiger partial charge in [-0.15, -0.1) is 0 Å². The third-order valence-electron chi connectivity index (χ3n) is 7.87. The van der Waals surface area contributed by atoms with Crippen LogP contribution in [-0.4, -0.2) is 46.8 Å². The number of hydrogen-bond donors (Lipinski definition) is 0. The van der Waals surface area contributed by atoms with Gasteiger partial charge < -0.3 is 23.3 Å². The van der Waals surface area contributed by atoms with Crippen molar-refractivity contribution in [1.29, 1.82) is 0 Å². The number of fused-ring (bicyclic) bond motifs is 11. The van der Waals surface area contributed by atoms with Gasteiger partial charge in [-0.2, -0.15) is 0 Å². The summed E-state index contributed by atoms with van der Waals surface area (Å²) in [5.41, 5.74) is 4.15. The lowest BCUT2D eigenvalue weighted by Gasteiger charge is -2.53. The Morgan fingerprint density at radius 2 is 1.14 bits per heavy atom. The van der Waals surface area contributed by atoms with Crippen molar-refractivity contribution in [3.63, 3.8) is 0 Å². The Balaban J connectivity index is 1.29. The van der Waals surface area contributed by atoms with E-state index in [9.17, 15) is 0 Å². The van der Waals surface area contributed by atoms with E-state index in [1.807, 2.05) is 12.1 Å². The highest BCUT2D eigenvalue weighted by molar-refractivity contribution is 6.92. The Kier molecular flexibility index (Phi) is 4.53. The third kappa shape index (κ3) is 3.10. The van der Waals surface area contributed by atoms with E-state index in [0.29, 0.717) is 0 Å².